The van der Waals surface area contributed by atoms with Crippen molar-refractivity contribution < 1.29 is 9.50 Å². The largest absolute Gasteiger partial charge is 0.387 e. The molecule has 2 N–H and O–H groups in total. The Morgan fingerprint density at radius 2 is 2.00 bits per heavy atom. The molecule has 0 fully saturated rings. The van der Waals surface area contributed by atoms with Gasteiger partial charge in [-0.15, -0.1) is 5.10 Å². The van der Waals surface area contributed by atoms with Crippen LogP contribution in [-0.4, -0.2) is 57.7 Å². The van der Waals surface area contributed by atoms with Crippen LogP contribution in [0.25, 0.3) is 22.5 Å². The predicted molar refractivity (Wildman–Crippen MR) is 120 cm³/mol. The van der Waals surface area contributed by atoms with Gasteiger partial charge >= 0.3 is 0 Å². The van der Waals surface area contributed by atoms with Crippen molar-refractivity contribution >= 4 is 16.7 Å². The number of anilines is 1. The molecule has 1 atom stereocenters. The van der Waals surface area contributed by atoms with Crippen molar-refractivity contribution in [2.75, 3.05) is 5.32 Å². The minimum absolute atomic E-state index is 0.0580. The average molecular weight is 449 g/mol. The lowest BCUT2D eigenvalue weighted by atomic mass is 9.99. The summed E-state index contributed by atoms with van der Waals surface area (Å²) in [6, 6.07) is 5.71. The first-order valence-electron chi connectivity index (χ1n) is 10.4. The van der Waals surface area contributed by atoms with Crippen molar-refractivity contribution in [1.82, 2.24) is 34.7 Å². The number of pyridine rings is 2. The van der Waals surface area contributed by atoms with Gasteiger partial charge in [-0.1, -0.05) is 5.21 Å². The van der Waals surface area contributed by atoms with Gasteiger partial charge in [-0.3, -0.25) is 0 Å². The molecular weight excluding hydrogens is 425 g/mol. The Bertz CT molecular complexity index is 1330. The first kappa shape index (κ1) is 22.3. The molecule has 0 aliphatic carbocycles. The van der Waals surface area contributed by atoms with Crippen molar-refractivity contribution in [3.05, 3.63) is 48.2 Å². The normalized spacial score (nSPS) is 12.8. The first-order chi connectivity index (χ1) is 15.7. The Labute approximate surface area is 189 Å². The highest BCUT2D eigenvalue weighted by molar-refractivity contribution is 5.77. The minimum atomic E-state index is -1.47. The molecule has 33 heavy (non-hydrogen) atoms. The van der Waals surface area contributed by atoms with Crippen molar-refractivity contribution in [2.45, 2.75) is 51.9 Å². The molecule has 0 bridgehead atoms. The lowest BCUT2D eigenvalue weighted by Gasteiger charge is -2.21. The van der Waals surface area contributed by atoms with Crippen LogP contribution in [0.3, 0.4) is 0 Å². The van der Waals surface area contributed by atoms with Crippen LogP contribution in [0.4, 0.5) is 10.1 Å². The minimum Gasteiger partial charge on any atom is -0.387 e. The number of nitrogens with zero attached hydrogens (tertiary/aromatic N) is 8. The van der Waals surface area contributed by atoms with E-state index >= 15 is 0 Å². The third kappa shape index (κ3) is 4.65. The number of rotatable bonds is 7. The van der Waals surface area contributed by atoms with E-state index in [4.69, 9.17) is 5.26 Å². The molecule has 0 amide bonds. The van der Waals surface area contributed by atoms with Crippen molar-refractivity contribution in [2.24, 2.45) is 0 Å². The fraction of sp³-hybridized carbons (Fsp3) is 0.364. The summed E-state index contributed by atoms with van der Waals surface area (Å²) in [5.74, 6) is 0.528. The maximum absolute atomic E-state index is 14.3. The Morgan fingerprint density at radius 3 is 2.70 bits per heavy atom. The Morgan fingerprint density at radius 1 is 1.21 bits per heavy atom. The summed E-state index contributed by atoms with van der Waals surface area (Å²) >= 11 is 0. The number of hydrogen-bond acceptors (Lipinski definition) is 8. The van der Waals surface area contributed by atoms with Gasteiger partial charge < -0.3 is 10.4 Å². The summed E-state index contributed by atoms with van der Waals surface area (Å²) in [6.45, 7) is 6.85. The second-order valence-corrected chi connectivity index (χ2v) is 8.64. The highest BCUT2D eigenvalue weighted by Crippen LogP contribution is 2.25. The Balaban J connectivity index is 1.71. The molecule has 4 aromatic rings. The molecule has 0 aliphatic heterocycles. The van der Waals surface area contributed by atoms with E-state index in [1.54, 1.807) is 29.3 Å². The van der Waals surface area contributed by atoms with E-state index in [0.717, 1.165) is 11.1 Å². The van der Waals surface area contributed by atoms with Crippen molar-refractivity contribution in [3.63, 3.8) is 0 Å². The van der Waals surface area contributed by atoms with Gasteiger partial charge in [-0.25, -0.2) is 19.0 Å². The fourth-order valence-corrected chi connectivity index (χ4v) is 3.26. The summed E-state index contributed by atoms with van der Waals surface area (Å²) in [6.07, 6.45) is 4.84. The van der Waals surface area contributed by atoms with Gasteiger partial charge in [-0.2, -0.15) is 15.0 Å². The molecule has 10 nitrogen and oxygen atoms in total. The second-order valence-electron chi connectivity index (χ2n) is 8.64. The summed E-state index contributed by atoms with van der Waals surface area (Å²) in [5.41, 5.74) is 1.33. The lowest BCUT2D eigenvalue weighted by Crippen LogP contribution is -2.34. The van der Waals surface area contributed by atoms with Crippen LogP contribution in [0.15, 0.2) is 36.9 Å². The van der Waals surface area contributed by atoms with E-state index in [9.17, 15) is 9.50 Å². The summed E-state index contributed by atoms with van der Waals surface area (Å²) in [5, 5.41) is 35.6. The van der Waals surface area contributed by atoms with Gasteiger partial charge in [0.25, 0.3) is 0 Å². The zero-order valence-electron chi connectivity index (χ0n) is 18.7. The van der Waals surface area contributed by atoms with Crippen molar-refractivity contribution in [3.8, 4) is 17.6 Å². The predicted octanol–water partition coefficient (Wildman–Crippen LogP) is 2.74. The Kier molecular flexibility index (Phi) is 5.78. The third-order valence-corrected chi connectivity index (χ3v) is 5.01. The molecule has 4 aromatic heterocycles. The lowest BCUT2D eigenvalue weighted by molar-refractivity contribution is -0.00300. The molecular formula is C22H24FN9O. The number of nitrogens with one attached hydrogen (secondary N) is 1. The van der Waals surface area contributed by atoms with Crippen LogP contribution in [-0.2, 0) is 6.42 Å². The third-order valence-electron chi connectivity index (χ3n) is 5.01. The van der Waals surface area contributed by atoms with Crippen LogP contribution in [0.1, 0.15) is 39.0 Å². The van der Waals surface area contributed by atoms with E-state index < -0.39 is 11.8 Å². The number of nitriles is 1. The fourth-order valence-electron chi connectivity index (χ4n) is 3.26. The van der Waals surface area contributed by atoms with Crippen LogP contribution in [0, 0.1) is 11.3 Å². The second kappa shape index (κ2) is 8.55. The van der Waals surface area contributed by atoms with E-state index in [-0.39, 0.29) is 12.5 Å². The number of alkyl halides is 1. The number of fused-ring (bicyclic) bond motifs is 1. The molecule has 0 saturated carbocycles. The van der Waals surface area contributed by atoms with Gasteiger partial charge in [0.15, 0.2) is 11.5 Å². The Hall–Kier alpha value is -3.91. The smallest absolute Gasteiger partial charge is 0.164 e. The van der Waals surface area contributed by atoms with E-state index in [2.05, 4.69) is 36.8 Å². The van der Waals surface area contributed by atoms with Crippen LogP contribution >= 0.6 is 0 Å². The molecule has 4 heterocycles. The highest BCUT2D eigenvalue weighted by Gasteiger charge is 2.27. The van der Waals surface area contributed by atoms with Gasteiger partial charge in [0.1, 0.15) is 17.9 Å². The standard InChI is InChI=1S/C22H24FN9O/c1-13(2)28-17-7-20(32-21-15(10-27-32)5-14(8-24)9-26-21)25-11-18(17)31-12-16(29-30-31)6-19(23)22(3,4)33/h5,7,9-13,19,33H,6H2,1-4H3,(H,25,28). The van der Waals surface area contributed by atoms with E-state index in [1.807, 2.05) is 19.9 Å². The maximum atomic E-state index is 14.3. The maximum Gasteiger partial charge on any atom is 0.164 e. The molecule has 0 aliphatic rings. The summed E-state index contributed by atoms with van der Waals surface area (Å²) in [4.78, 5) is 8.86. The van der Waals surface area contributed by atoms with E-state index in [0.29, 0.717) is 28.4 Å². The molecule has 11 heteroatoms. The zero-order chi connectivity index (χ0) is 23.8. The zero-order valence-corrected chi connectivity index (χ0v) is 18.7. The molecule has 1 unspecified atom stereocenters. The monoisotopic (exact) mass is 449 g/mol. The van der Waals surface area contributed by atoms with Gasteiger partial charge in [-0.05, 0) is 33.8 Å². The summed E-state index contributed by atoms with van der Waals surface area (Å²) < 4.78 is 17.4. The molecule has 170 valence electrons. The van der Waals surface area contributed by atoms with Gasteiger partial charge in [0.2, 0.25) is 0 Å². The number of aromatic nitrogens is 7. The quantitative estimate of drug-likeness (QED) is 0.440. The average Bonchev–Trinajstić information content (AvgIpc) is 3.39. The number of halogens is 1. The van der Waals surface area contributed by atoms with Gasteiger partial charge in [0.05, 0.1) is 41.1 Å². The van der Waals surface area contributed by atoms with Crippen LogP contribution < -0.4 is 5.32 Å². The van der Waals surface area contributed by atoms with Crippen molar-refractivity contribution in [1.29, 1.82) is 5.26 Å². The number of aliphatic hydroxyl groups is 1. The number of hydrogen-bond donors (Lipinski definition) is 2. The van der Waals surface area contributed by atoms with Gasteiger partial charge in [0, 0.05) is 30.1 Å². The molecule has 0 spiro atoms. The molecule has 4 rings (SSSR count). The molecule has 0 saturated heterocycles. The molecule has 0 aromatic carbocycles. The van der Waals surface area contributed by atoms with E-state index in [1.165, 1.54) is 24.7 Å². The summed E-state index contributed by atoms with van der Waals surface area (Å²) in [7, 11) is 0. The SMILES string of the molecule is CC(C)Nc1cc(-n2ncc3cc(C#N)cnc32)ncc1-n1cc(CC(F)C(C)(C)O)nn1. The first-order valence-corrected chi connectivity index (χ1v) is 10.4. The highest BCUT2D eigenvalue weighted by atomic mass is 19.1. The van der Waals surface area contributed by atoms with Crippen LogP contribution in [0.5, 0.6) is 0 Å². The topological polar surface area (TPSA) is 130 Å². The molecule has 0 radical (unpaired) electrons. The van der Waals surface area contributed by atoms with Crippen LogP contribution in [0.2, 0.25) is 0 Å².